The van der Waals surface area contributed by atoms with Gasteiger partial charge in [-0.3, -0.25) is 0 Å². The van der Waals surface area contributed by atoms with Crippen LogP contribution >= 0.6 is 23.2 Å². The highest BCUT2D eigenvalue weighted by molar-refractivity contribution is 6.35. The summed E-state index contributed by atoms with van der Waals surface area (Å²) in [6.07, 6.45) is 2.74. The number of esters is 1. The van der Waals surface area contributed by atoms with Crippen molar-refractivity contribution in [3.05, 3.63) is 46.8 Å². The molecule has 0 radical (unpaired) electrons. The number of aromatic nitrogens is 2. The molecule has 19 heavy (non-hydrogen) atoms. The van der Waals surface area contributed by atoms with E-state index in [1.54, 1.807) is 12.1 Å². The molecule has 0 fully saturated rings. The quantitative estimate of drug-likeness (QED) is 0.812. The number of carbonyl (C=O) groups excluding carboxylic acids is 1. The Balaban J connectivity index is 1.90. The molecule has 0 saturated heterocycles. The minimum atomic E-state index is -0.593. The van der Waals surface area contributed by atoms with Crippen LogP contribution < -0.4 is 9.47 Å². The molecule has 0 aliphatic rings. The van der Waals surface area contributed by atoms with Crippen molar-refractivity contribution < 1.29 is 14.3 Å². The molecule has 1 aromatic heterocycles. The van der Waals surface area contributed by atoms with E-state index >= 15 is 0 Å². The highest BCUT2D eigenvalue weighted by Crippen LogP contribution is 2.27. The van der Waals surface area contributed by atoms with Gasteiger partial charge in [-0.2, -0.15) is 0 Å². The average molecular weight is 299 g/mol. The molecule has 1 aromatic carbocycles. The third kappa shape index (κ3) is 4.08. The first kappa shape index (κ1) is 13.6. The van der Waals surface area contributed by atoms with Crippen molar-refractivity contribution in [3.63, 3.8) is 0 Å². The lowest BCUT2D eigenvalue weighted by atomic mass is 10.3. The third-order valence-corrected chi connectivity index (χ3v) is 2.54. The predicted octanol–water partition coefficient (Wildman–Crippen LogP) is 2.77. The van der Waals surface area contributed by atoms with Gasteiger partial charge in [-0.1, -0.05) is 23.2 Å². The Bertz CT molecular complexity index is 578. The summed E-state index contributed by atoms with van der Waals surface area (Å²) >= 11 is 11.6. The van der Waals surface area contributed by atoms with Crippen LogP contribution in [-0.4, -0.2) is 22.5 Å². The van der Waals surface area contributed by atoms with Gasteiger partial charge < -0.3 is 9.47 Å². The Labute approximate surface area is 119 Å². The summed E-state index contributed by atoms with van der Waals surface area (Å²) in [6.45, 7) is -0.286. The molecule has 0 N–H and O–H groups in total. The van der Waals surface area contributed by atoms with Gasteiger partial charge in [0, 0.05) is 17.3 Å². The van der Waals surface area contributed by atoms with E-state index in [0.29, 0.717) is 15.8 Å². The van der Waals surface area contributed by atoms with E-state index in [2.05, 4.69) is 9.97 Å². The van der Waals surface area contributed by atoms with E-state index in [0.717, 1.165) is 0 Å². The van der Waals surface area contributed by atoms with Crippen molar-refractivity contribution >= 4 is 29.2 Å². The van der Waals surface area contributed by atoms with Gasteiger partial charge in [-0.05, 0) is 18.2 Å². The summed E-state index contributed by atoms with van der Waals surface area (Å²) in [7, 11) is 0. The minimum Gasteiger partial charge on any atom is -0.480 e. The highest BCUT2D eigenvalue weighted by Gasteiger charge is 2.09. The van der Waals surface area contributed by atoms with E-state index in [1.807, 2.05) is 0 Å². The zero-order chi connectivity index (χ0) is 13.7. The number of benzene rings is 1. The summed E-state index contributed by atoms with van der Waals surface area (Å²) in [5.74, 6) is -0.0822. The number of hydrogen-bond donors (Lipinski definition) is 0. The first-order valence-electron chi connectivity index (χ1n) is 5.19. The molecule has 1 heterocycles. The fraction of sp³-hybridized carbons (Fsp3) is 0.0833. The van der Waals surface area contributed by atoms with Crippen molar-refractivity contribution in [2.45, 2.75) is 0 Å². The van der Waals surface area contributed by atoms with Crippen molar-refractivity contribution in [2.75, 3.05) is 6.61 Å². The molecule has 2 rings (SSSR count). The molecule has 0 amide bonds. The summed E-state index contributed by atoms with van der Waals surface area (Å²) < 4.78 is 10.1. The maximum Gasteiger partial charge on any atom is 0.350 e. The highest BCUT2D eigenvalue weighted by atomic mass is 35.5. The minimum absolute atomic E-state index is 0.158. The van der Waals surface area contributed by atoms with Gasteiger partial charge >= 0.3 is 5.97 Å². The molecule has 0 unspecified atom stereocenters. The monoisotopic (exact) mass is 298 g/mol. The van der Waals surface area contributed by atoms with E-state index in [9.17, 15) is 4.79 Å². The van der Waals surface area contributed by atoms with Gasteiger partial charge in [0.25, 0.3) is 0 Å². The van der Waals surface area contributed by atoms with Crippen LogP contribution in [0.4, 0.5) is 0 Å². The van der Waals surface area contributed by atoms with Gasteiger partial charge in [0.15, 0.2) is 6.61 Å². The molecular formula is C12H8Cl2N2O3. The fourth-order valence-corrected chi connectivity index (χ4v) is 1.68. The number of carbonyl (C=O) groups is 1. The summed E-state index contributed by atoms with van der Waals surface area (Å²) in [5, 5.41) is 0.809. The summed E-state index contributed by atoms with van der Waals surface area (Å²) in [4.78, 5) is 18.9. The van der Waals surface area contributed by atoms with E-state index in [-0.39, 0.29) is 12.5 Å². The normalized spacial score (nSPS) is 10.0. The smallest absolute Gasteiger partial charge is 0.350 e. The van der Waals surface area contributed by atoms with Crippen molar-refractivity contribution in [2.24, 2.45) is 0 Å². The standard InChI is InChI=1S/C12H8Cl2N2O3/c13-8-1-2-10(9(14)5-8)18-6-12(17)19-11-3-4-15-7-16-11/h1-5,7H,6H2. The first-order valence-corrected chi connectivity index (χ1v) is 5.95. The second-order valence-corrected chi connectivity index (χ2v) is 4.23. The Morgan fingerprint density at radius 3 is 2.79 bits per heavy atom. The maximum atomic E-state index is 11.5. The lowest BCUT2D eigenvalue weighted by Gasteiger charge is -2.07. The van der Waals surface area contributed by atoms with Crippen LogP contribution in [0.25, 0.3) is 0 Å². The van der Waals surface area contributed by atoms with E-state index in [4.69, 9.17) is 32.7 Å². The van der Waals surface area contributed by atoms with Crippen LogP contribution in [-0.2, 0) is 4.79 Å². The zero-order valence-electron chi connectivity index (χ0n) is 9.55. The molecule has 0 atom stereocenters. The molecule has 0 bridgehead atoms. The molecule has 2 aromatic rings. The number of ether oxygens (including phenoxy) is 2. The van der Waals surface area contributed by atoms with Crippen LogP contribution in [0.5, 0.6) is 11.6 Å². The third-order valence-electron chi connectivity index (χ3n) is 2.01. The summed E-state index contributed by atoms with van der Waals surface area (Å²) in [6, 6.07) is 6.17. The van der Waals surface area contributed by atoms with Crippen LogP contribution in [0.2, 0.25) is 10.0 Å². The second kappa shape index (κ2) is 6.36. The Morgan fingerprint density at radius 2 is 2.11 bits per heavy atom. The molecule has 0 spiro atoms. The lowest BCUT2D eigenvalue weighted by molar-refractivity contribution is -0.136. The van der Waals surface area contributed by atoms with Gasteiger partial charge in [-0.15, -0.1) is 0 Å². The van der Waals surface area contributed by atoms with Crippen LogP contribution in [0.15, 0.2) is 36.8 Å². The fourth-order valence-electron chi connectivity index (χ4n) is 1.21. The first-order chi connectivity index (χ1) is 9.15. The molecule has 0 aliphatic heterocycles. The zero-order valence-corrected chi connectivity index (χ0v) is 11.1. The van der Waals surface area contributed by atoms with Gasteiger partial charge in [-0.25, -0.2) is 14.8 Å². The average Bonchev–Trinajstić information content (AvgIpc) is 2.39. The topological polar surface area (TPSA) is 61.3 Å². The van der Waals surface area contributed by atoms with Crippen molar-refractivity contribution in [1.29, 1.82) is 0 Å². The number of rotatable bonds is 4. The Morgan fingerprint density at radius 1 is 1.26 bits per heavy atom. The molecular weight excluding hydrogens is 291 g/mol. The molecule has 98 valence electrons. The van der Waals surface area contributed by atoms with Gasteiger partial charge in [0.2, 0.25) is 5.88 Å². The summed E-state index contributed by atoms with van der Waals surface area (Å²) in [5.41, 5.74) is 0. The SMILES string of the molecule is O=C(COc1ccc(Cl)cc1Cl)Oc1ccncn1. The van der Waals surface area contributed by atoms with Crippen molar-refractivity contribution in [3.8, 4) is 11.6 Å². The predicted molar refractivity (Wildman–Crippen MR) is 69.6 cm³/mol. The van der Waals surface area contributed by atoms with Crippen LogP contribution in [0, 0.1) is 0 Å². The van der Waals surface area contributed by atoms with Gasteiger partial charge in [0.1, 0.15) is 12.1 Å². The van der Waals surface area contributed by atoms with Crippen molar-refractivity contribution in [1.82, 2.24) is 9.97 Å². The molecule has 7 heteroatoms. The van der Waals surface area contributed by atoms with E-state index in [1.165, 1.54) is 24.7 Å². The number of hydrogen-bond acceptors (Lipinski definition) is 5. The van der Waals surface area contributed by atoms with Crippen LogP contribution in [0.1, 0.15) is 0 Å². The Kier molecular flexibility index (Phi) is 4.54. The maximum absolute atomic E-state index is 11.5. The van der Waals surface area contributed by atoms with Crippen LogP contribution in [0.3, 0.4) is 0 Å². The Hall–Kier alpha value is -1.85. The molecule has 5 nitrogen and oxygen atoms in total. The second-order valence-electron chi connectivity index (χ2n) is 3.39. The van der Waals surface area contributed by atoms with Gasteiger partial charge in [0.05, 0.1) is 5.02 Å². The van der Waals surface area contributed by atoms with E-state index < -0.39 is 5.97 Å². The molecule has 0 saturated carbocycles. The number of halogens is 2. The number of nitrogens with zero attached hydrogens (tertiary/aromatic N) is 2. The largest absolute Gasteiger partial charge is 0.480 e. The lowest BCUT2D eigenvalue weighted by Crippen LogP contribution is -2.18. The molecule has 0 aliphatic carbocycles.